The predicted molar refractivity (Wildman–Crippen MR) is 98.5 cm³/mol. The molecule has 3 rings (SSSR count). The molecule has 0 aliphatic carbocycles. The van der Waals surface area contributed by atoms with Crippen LogP contribution < -0.4 is 10.2 Å². The number of benzene rings is 1. The van der Waals surface area contributed by atoms with Gasteiger partial charge in [0.25, 0.3) is 0 Å². The molecule has 1 fully saturated rings. The lowest BCUT2D eigenvalue weighted by atomic mass is 10.1. The number of hydrogen-bond donors (Lipinski definition) is 1. The van der Waals surface area contributed by atoms with Crippen molar-refractivity contribution in [1.29, 1.82) is 0 Å². The second-order valence-corrected chi connectivity index (χ2v) is 6.71. The van der Waals surface area contributed by atoms with Crippen molar-refractivity contribution in [2.24, 2.45) is 5.92 Å². The van der Waals surface area contributed by atoms with E-state index in [0.717, 1.165) is 0 Å². The summed E-state index contributed by atoms with van der Waals surface area (Å²) in [7, 11) is 1.29. The number of carbonyl (C=O) groups excluding carboxylic acids is 3. The Morgan fingerprint density at radius 1 is 1.37 bits per heavy atom. The summed E-state index contributed by atoms with van der Waals surface area (Å²) in [5.74, 6) is -0.465. The molecule has 1 aliphatic rings. The van der Waals surface area contributed by atoms with Crippen molar-refractivity contribution in [3.63, 3.8) is 0 Å². The van der Waals surface area contributed by atoms with Gasteiger partial charge in [-0.25, -0.2) is 4.79 Å². The average Bonchev–Trinajstić information content (AvgIpc) is 3.22. The van der Waals surface area contributed by atoms with Gasteiger partial charge in [-0.1, -0.05) is 17.7 Å². The second-order valence-electron chi connectivity index (χ2n) is 6.28. The maximum atomic E-state index is 12.4. The van der Waals surface area contributed by atoms with Crippen molar-refractivity contribution in [1.82, 2.24) is 5.32 Å². The standard InChI is InChI=1S/C19H19ClN2O5/c1-11-16(19(25)26-2)8-15(27-11)9-21-18(24)12-6-17(23)22(10-12)14-5-3-4-13(20)7-14/h3-5,7-8,12H,6,9-10H2,1-2H3,(H,21,24). The lowest BCUT2D eigenvalue weighted by molar-refractivity contribution is -0.126. The van der Waals surface area contributed by atoms with Crippen LogP contribution in [0.5, 0.6) is 0 Å². The lowest BCUT2D eigenvalue weighted by Crippen LogP contribution is -2.32. The zero-order valence-corrected chi connectivity index (χ0v) is 15.7. The molecular formula is C19H19ClN2O5. The highest BCUT2D eigenvalue weighted by Crippen LogP contribution is 2.27. The fourth-order valence-corrected chi connectivity index (χ4v) is 3.22. The molecule has 7 nitrogen and oxygen atoms in total. The minimum absolute atomic E-state index is 0.124. The van der Waals surface area contributed by atoms with E-state index in [-0.39, 0.29) is 31.3 Å². The number of ether oxygens (including phenoxy) is 1. The number of methoxy groups -OCH3 is 1. The van der Waals surface area contributed by atoms with Crippen molar-refractivity contribution in [2.45, 2.75) is 19.9 Å². The molecule has 0 spiro atoms. The van der Waals surface area contributed by atoms with Gasteiger partial charge in [-0.3, -0.25) is 9.59 Å². The number of nitrogens with one attached hydrogen (secondary N) is 1. The Balaban J connectivity index is 1.61. The second kappa shape index (κ2) is 7.84. The van der Waals surface area contributed by atoms with Crippen LogP contribution in [0.15, 0.2) is 34.7 Å². The first kappa shape index (κ1) is 19.0. The van der Waals surface area contributed by atoms with Gasteiger partial charge in [0, 0.05) is 23.7 Å². The molecular weight excluding hydrogens is 372 g/mol. The normalized spacial score (nSPS) is 16.5. The summed E-state index contributed by atoms with van der Waals surface area (Å²) >= 11 is 5.97. The van der Waals surface area contributed by atoms with Crippen LogP contribution in [-0.2, 0) is 20.9 Å². The van der Waals surface area contributed by atoms with Gasteiger partial charge in [-0.15, -0.1) is 0 Å². The Labute approximate surface area is 161 Å². The van der Waals surface area contributed by atoms with E-state index >= 15 is 0 Å². The first-order chi connectivity index (χ1) is 12.9. The number of furan rings is 1. The van der Waals surface area contributed by atoms with E-state index in [9.17, 15) is 14.4 Å². The quantitative estimate of drug-likeness (QED) is 0.793. The van der Waals surface area contributed by atoms with Crippen LogP contribution in [0.3, 0.4) is 0 Å². The number of rotatable bonds is 5. The zero-order chi connectivity index (χ0) is 19.6. The van der Waals surface area contributed by atoms with Crippen molar-refractivity contribution >= 4 is 35.1 Å². The maximum Gasteiger partial charge on any atom is 0.341 e. The molecule has 0 saturated carbocycles. The highest BCUT2D eigenvalue weighted by atomic mass is 35.5. The molecule has 1 N–H and O–H groups in total. The largest absolute Gasteiger partial charge is 0.465 e. The molecule has 1 unspecified atom stereocenters. The van der Waals surface area contributed by atoms with Gasteiger partial charge in [0.15, 0.2) is 0 Å². The van der Waals surface area contributed by atoms with E-state index in [1.807, 2.05) is 0 Å². The highest BCUT2D eigenvalue weighted by Gasteiger charge is 2.35. The van der Waals surface area contributed by atoms with Gasteiger partial charge in [-0.05, 0) is 31.2 Å². The van der Waals surface area contributed by atoms with Crippen LogP contribution in [0.2, 0.25) is 5.02 Å². The third-order valence-electron chi connectivity index (χ3n) is 4.43. The molecule has 27 heavy (non-hydrogen) atoms. The molecule has 8 heteroatoms. The number of carbonyl (C=O) groups is 3. The van der Waals surface area contributed by atoms with Gasteiger partial charge >= 0.3 is 5.97 Å². The van der Waals surface area contributed by atoms with Gasteiger partial charge in [-0.2, -0.15) is 0 Å². The summed E-state index contributed by atoms with van der Waals surface area (Å²) in [4.78, 5) is 37.9. The minimum atomic E-state index is -0.493. The van der Waals surface area contributed by atoms with E-state index in [4.69, 9.17) is 16.0 Å². The number of nitrogens with zero attached hydrogens (tertiary/aromatic N) is 1. The molecule has 0 radical (unpaired) electrons. The zero-order valence-electron chi connectivity index (χ0n) is 15.0. The molecule has 0 bridgehead atoms. The third kappa shape index (κ3) is 4.14. The monoisotopic (exact) mass is 390 g/mol. The van der Waals surface area contributed by atoms with Crippen LogP contribution in [0.1, 0.15) is 28.3 Å². The summed E-state index contributed by atoms with van der Waals surface area (Å²) in [6.45, 7) is 2.06. The van der Waals surface area contributed by atoms with Crippen molar-refractivity contribution in [3.05, 3.63) is 52.4 Å². The molecule has 142 valence electrons. The van der Waals surface area contributed by atoms with Gasteiger partial charge < -0.3 is 19.4 Å². The van der Waals surface area contributed by atoms with E-state index in [0.29, 0.717) is 27.8 Å². The van der Waals surface area contributed by atoms with Crippen LogP contribution in [0.4, 0.5) is 5.69 Å². The minimum Gasteiger partial charge on any atom is -0.465 e. The first-order valence-corrected chi connectivity index (χ1v) is 8.78. The van der Waals surface area contributed by atoms with Gasteiger partial charge in [0.2, 0.25) is 11.8 Å². The Bertz CT molecular complexity index is 892. The Hall–Kier alpha value is -2.80. The van der Waals surface area contributed by atoms with E-state index in [2.05, 4.69) is 10.1 Å². The fraction of sp³-hybridized carbons (Fsp3) is 0.316. The lowest BCUT2D eigenvalue weighted by Gasteiger charge is -2.16. The summed E-state index contributed by atoms with van der Waals surface area (Å²) in [6.07, 6.45) is 0.128. The molecule has 1 atom stereocenters. The fourth-order valence-electron chi connectivity index (χ4n) is 3.04. The predicted octanol–water partition coefficient (Wildman–Crippen LogP) is 2.70. The number of halogens is 1. The van der Waals surface area contributed by atoms with Crippen molar-refractivity contribution in [3.8, 4) is 0 Å². The molecule has 2 aromatic rings. The maximum absolute atomic E-state index is 12.4. The SMILES string of the molecule is COC(=O)c1cc(CNC(=O)C2CC(=O)N(c3cccc(Cl)c3)C2)oc1C. The number of hydrogen-bond acceptors (Lipinski definition) is 5. The van der Waals surface area contributed by atoms with Crippen molar-refractivity contribution < 1.29 is 23.5 Å². The van der Waals surface area contributed by atoms with E-state index in [1.54, 1.807) is 42.2 Å². The summed E-state index contributed by atoms with van der Waals surface area (Å²) < 4.78 is 10.1. The molecule has 1 aromatic carbocycles. The smallest absolute Gasteiger partial charge is 0.341 e. The van der Waals surface area contributed by atoms with E-state index in [1.165, 1.54) is 7.11 Å². The van der Waals surface area contributed by atoms with Crippen molar-refractivity contribution in [2.75, 3.05) is 18.6 Å². The molecule has 2 amide bonds. The van der Waals surface area contributed by atoms with E-state index < -0.39 is 11.9 Å². The summed E-state index contributed by atoms with van der Waals surface area (Å²) in [5, 5.41) is 3.28. The number of amides is 2. The average molecular weight is 391 g/mol. The first-order valence-electron chi connectivity index (χ1n) is 8.40. The molecule has 2 heterocycles. The Kier molecular flexibility index (Phi) is 5.51. The number of esters is 1. The number of anilines is 1. The Morgan fingerprint density at radius 2 is 2.15 bits per heavy atom. The molecule has 1 aromatic heterocycles. The summed E-state index contributed by atoms with van der Waals surface area (Å²) in [6, 6.07) is 8.50. The Morgan fingerprint density at radius 3 is 2.85 bits per heavy atom. The van der Waals surface area contributed by atoms with Crippen LogP contribution >= 0.6 is 11.6 Å². The molecule has 1 saturated heterocycles. The van der Waals surface area contributed by atoms with Gasteiger partial charge in [0.1, 0.15) is 17.1 Å². The van der Waals surface area contributed by atoms with Crippen LogP contribution in [0, 0.1) is 12.8 Å². The van der Waals surface area contributed by atoms with Crippen LogP contribution in [-0.4, -0.2) is 31.4 Å². The highest BCUT2D eigenvalue weighted by molar-refractivity contribution is 6.31. The number of aryl methyl sites for hydroxylation is 1. The molecule has 1 aliphatic heterocycles. The third-order valence-corrected chi connectivity index (χ3v) is 4.66. The topological polar surface area (TPSA) is 88.8 Å². The van der Waals surface area contributed by atoms with Gasteiger partial charge in [0.05, 0.1) is 19.6 Å². The van der Waals surface area contributed by atoms with Crippen LogP contribution in [0.25, 0.3) is 0 Å². The summed E-state index contributed by atoms with van der Waals surface area (Å²) in [5.41, 5.74) is 0.997.